The summed E-state index contributed by atoms with van der Waals surface area (Å²) in [5.74, 6) is 0.331. The number of thiophene rings is 1. The predicted molar refractivity (Wildman–Crippen MR) is 65.4 cm³/mol. The third kappa shape index (κ3) is 2.45. The molecule has 0 saturated heterocycles. The molecule has 0 amide bonds. The summed E-state index contributed by atoms with van der Waals surface area (Å²) in [6.45, 7) is 4.20. The number of nitrogens with two attached hydrogens (primary N) is 1. The second-order valence-electron chi connectivity index (χ2n) is 3.27. The van der Waals surface area contributed by atoms with Gasteiger partial charge < -0.3 is 11.1 Å². The van der Waals surface area contributed by atoms with E-state index in [0.717, 1.165) is 5.13 Å². The number of aromatic nitrogens is 2. The molecule has 0 fully saturated rings. The molecule has 2 heterocycles. The number of nitrogen functional groups attached to an aromatic ring is 1. The van der Waals surface area contributed by atoms with Crippen LogP contribution in [0.1, 0.15) is 22.7 Å². The molecule has 0 aliphatic rings. The van der Waals surface area contributed by atoms with Crippen molar-refractivity contribution in [1.82, 2.24) is 9.36 Å². The Morgan fingerprint density at radius 3 is 2.80 bits per heavy atom. The first-order chi connectivity index (χ1) is 7.15. The Kier molecular flexibility index (Phi) is 2.88. The van der Waals surface area contributed by atoms with Crippen LogP contribution in [0.4, 0.5) is 11.1 Å². The predicted octanol–water partition coefficient (Wildman–Crippen LogP) is 2.66. The number of hydrogen-bond acceptors (Lipinski definition) is 6. The van der Waals surface area contributed by atoms with Crippen LogP contribution in [0.15, 0.2) is 12.1 Å². The highest BCUT2D eigenvalue weighted by atomic mass is 32.1. The first-order valence-electron chi connectivity index (χ1n) is 4.57. The Morgan fingerprint density at radius 2 is 2.27 bits per heavy atom. The highest BCUT2D eigenvalue weighted by molar-refractivity contribution is 7.12. The molecule has 0 aromatic carbocycles. The van der Waals surface area contributed by atoms with Crippen molar-refractivity contribution >= 4 is 33.9 Å². The molecular weight excluding hydrogens is 228 g/mol. The lowest BCUT2D eigenvalue weighted by Gasteiger charge is -2.09. The first-order valence-corrected chi connectivity index (χ1v) is 6.16. The average Bonchev–Trinajstić information content (AvgIpc) is 2.75. The summed E-state index contributed by atoms with van der Waals surface area (Å²) in [7, 11) is 0. The number of nitrogens with zero attached hydrogens (tertiary/aromatic N) is 2. The topological polar surface area (TPSA) is 63.8 Å². The van der Waals surface area contributed by atoms with Crippen molar-refractivity contribution in [3.63, 3.8) is 0 Å². The smallest absolute Gasteiger partial charge is 0.233 e. The maximum Gasteiger partial charge on any atom is 0.233 e. The van der Waals surface area contributed by atoms with Crippen LogP contribution < -0.4 is 11.1 Å². The molecule has 4 nitrogen and oxygen atoms in total. The molecule has 2 rings (SSSR count). The van der Waals surface area contributed by atoms with E-state index in [2.05, 4.69) is 40.7 Å². The van der Waals surface area contributed by atoms with E-state index < -0.39 is 0 Å². The number of rotatable bonds is 3. The molecule has 0 radical (unpaired) electrons. The van der Waals surface area contributed by atoms with E-state index in [4.69, 9.17) is 5.73 Å². The number of nitrogens with one attached hydrogen (secondary N) is 1. The van der Waals surface area contributed by atoms with Gasteiger partial charge in [0, 0.05) is 21.3 Å². The minimum absolute atomic E-state index is 0.246. The Bertz CT molecular complexity index is 448. The largest absolute Gasteiger partial charge is 0.367 e. The summed E-state index contributed by atoms with van der Waals surface area (Å²) in [6.07, 6.45) is 0. The summed E-state index contributed by atoms with van der Waals surface area (Å²) >= 11 is 3.07. The van der Waals surface area contributed by atoms with E-state index in [0.29, 0.717) is 5.95 Å². The molecule has 0 saturated carbocycles. The van der Waals surface area contributed by atoms with Crippen molar-refractivity contribution in [2.24, 2.45) is 0 Å². The Hall–Kier alpha value is -1.14. The van der Waals surface area contributed by atoms with E-state index in [9.17, 15) is 0 Å². The van der Waals surface area contributed by atoms with Crippen molar-refractivity contribution < 1.29 is 0 Å². The highest BCUT2D eigenvalue weighted by Crippen LogP contribution is 2.26. The van der Waals surface area contributed by atoms with Gasteiger partial charge in [-0.05, 0) is 26.0 Å². The standard InChI is InChI=1S/C9H12N4S2/c1-5-3-4-7(14-5)6(2)11-9-12-8(10)13-15-9/h3-4,6H,1-2H3,(H3,10,11,12,13). The van der Waals surface area contributed by atoms with E-state index >= 15 is 0 Å². The van der Waals surface area contributed by atoms with Gasteiger partial charge in [-0.3, -0.25) is 0 Å². The second-order valence-corrected chi connectivity index (χ2v) is 5.34. The fourth-order valence-electron chi connectivity index (χ4n) is 1.24. The van der Waals surface area contributed by atoms with Crippen molar-refractivity contribution in [1.29, 1.82) is 0 Å². The number of aryl methyl sites for hydroxylation is 1. The summed E-state index contributed by atoms with van der Waals surface area (Å²) in [5, 5.41) is 4.04. The minimum Gasteiger partial charge on any atom is -0.367 e. The van der Waals surface area contributed by atoms with Crippen LogP contribution in [-0.2, 0) is 0 Å². The molecule has 0 aliphatic heterocycles. The van der Waals surface area contributed by atoms with Gasteiger partial charge in [-0.25, -0.2) is 0 Å². The highest BCUT2D eigenvalue weighted by Gasteiger charge is 2.09. The van der Waals surface area contributed by atoms with Gasteiger partial charge in [0.15, 0.2) is 0 Å². The monoisotopic (exact) mass is 240 g/mol. The van der Waals surface area contributed by atoms with Crippen LogP contribution >= 0.6 is 22.9 Å². The molecular formula is C9H12N4S2. The average molecular weight is 240 g/mol. The molecule has 1 atom stereocenters. The second kappa shape index (κ2) is 4.16. The van der Waals surface area contributed by atoms with Gasteiger partial charge >= 0.3 is 0 Å². The summed E-state index contributed by atoms with van der Waals surface area (Å²) < 4.78 is 3.92. The molecule has 0 aliphatic carbocycles. The van der Waals surface area contributed by atoms with Gasteiger partial charge in [0.05, 0.1) is 6.04 Å². The van der Waals surface area contributed by atoms with Gasteiger partial charge in [0.25, 0.3) is 0 Å². The van der Waals surface area contributed by atoms with Crippen molar-refractivity contribution in [3.05, 3.63) is 21.9 Å². The summed E-state index contributed by atoms with van der Waals surface area (Å²) in [5.41, 5.74) is 5.45. The third-order valence-electron chi connectivity index (χ3n) is 1.97. The van der Waals surface area contributed by atoms with Gasteiger partial charge in [-0.15, -0.1) is 11.3 Å². The molecule has 2 aromatic heterocycles. The van der Waals surface area contributed by atoms with E-state index in [1.807, 2.05) is 0 Å². The molecule has 0 spiro atoms. The normalized spacial score (nSPS) is 12.7. The van der Waals surface area contributed by atoms with Crippen molar-refractivity contribution in [2.75, 3.05) is 11.1 Å². The Balaban J connectivity index is 2.06. The number of hydrogen-bond donors (Lipinski definition) is 2. The van der Waals surface area contributed by atoms with E-state index in [-0.39, 0.29) is 6.04 Å². The summed E-state index contributed by atoms with van der Waals surface area (Å²) in [4.78, 5) is 6.67. The molecule has 1 unspecified atom stereocenters. The van der Waals surface area contributed by atoms with Crippen LogP contribution in [0.3, 0.4) is 0 Å². The maximum absolute atomic E-state index is 5.45. The van der Waals surface area contributed by atoms with Crippen molar-refractivity contribution in [3.8, 4) is 0 Å². The van der Waals surface area contributed by atoms with E-state index in [1.165, 1.54) is 21.3 Å². The fraction of sp³-hybridized carbons (Fsp3) is 0.333. The molecule has 6 heteroatoms. The zero-order valence-corrected chi connectivity index (χ0v) is 10.2. The van der Waals surface area contributed by atoms with Crippen molar-refractivity contribution in [2.45, 2.75) is 19.9 Å². The minimum atomic E-state index is 0.246. The van der Waals surface area contributed by atoms with Crippen LogP contribution in [0.2, 0.25) is 0 Å². The van der Waals surface area contributed by atoms with Gasteiger partial charge in [0.1, 0.15) is 0 Å². The fourth-order valence-corrected chi connectivity index (χ4v) is 2.70. The van der Waals surface area contributed by atoms with E-state index in [1.54, 1.807) is 11.3 Å². The molecule has 15 heavy (non-hydrogen) atoms. The van der Waals surface area contributed by atoms with Gasteiger partial charge in [-0.1, -0.05) is 0 Å². The quantitative estimate of drug-likeness (QED) is 0.865. The maximum atomic E-state index is 5.45. The Labute approximate surface area is 96.3 Å². The lowest BCUT2D eigenvalue weighted by atomic mass is 10.3. The van der Waals surface area contributed by atoms with Crippen LogP contribution in [0.5, 0.6) is 0 Å². The van der Waals surface area contributed by atoms with Gasteiger partial charge in [-0.2, -0.15) is 9.36 Å². The zero-order chi connectivity index (χ0) is 10.8. The number of anilines is 2. The lowest BCUT2D eigenvalue weighted by molar-refractivity contribution is 0.905. The lowest BCUT2D eigenvalue weighted by Crippen LogP contribution is -2.04. The molecule has 2 aromatic rings. The van der Waals surface area contributed by atoms with Gasteiger partial charge in [0.2, 0.25) is 11.1 Å². The molecule has 0 bridgehead atoms. The summed E-state index contributed by atoms with van der Waals surface area (Å²) in [6, 6.07) is 4.49. The molecule has 3 N–H and O–H groups in total. The van der Waals surface area contributed by atoms with Crippen LogP contribution in [-0.4, -0.2) is 9.36 Å². The Morgan fingerprint density at radius 1 is 1.47 bits per heavy atom. The first kappa shape index (κ1) is 10.4. The molecule has 80 valence electrons. The third-order valence-corrected chi connectivity index (χ3v) is 3.81. The zero-order valence-electron chi connectivity index (χ0n) is 8.52. The van der Waals surface area contributed by atoms with Crippen LogP contribution in [0, 0.1) is 6.92 Å². The SMILES string of the molecule is Cc1ccc(C(C)Nc2nc(N)ns2)s1. The van der Waals surface area contributed by atoms with Crippen LogP contribution in [0.25, 0.3) is 0 Å².